The molecule has 0 bridgehead atoms. The van der Waals surface area contributed by atoms with Crippen molar-refractivity contribution in [3.63, 3.8) is 0 Å². The maximum atomic E-state index is 12.4. The van der Waals surface area contributed by atoms with Gasteiger partial charge < -0.3 is 9.15 Å². The molecule has 1 N–H and O–H groups in total. The van der Waals surface area contributed by atoms with Crippen LogP contribution in [-0.2, 0) is 22.6 Å². The van der Waals surface area contributed by atoms with E-state index in [0.717, 1.165) is 5.56 Å². The largest absolute Gasteiger partial charge is 0.460 e. The van der Waals surface area contributed by atoms with Gasteiger partial charge in [-0.05, 0) is 30.7 Å². The van der Waals surface area contributed by atoms with Gasteiger partial charge in [-0.15, -0.1) is 0 Å². The van der Waals surface area contributed by atoms with Crippen LogP contribution in [0.4, 0.5) is 0 Å². The molecule has 0 saturated heterocycles. The zero-order valence-electron chi connectivity index (χ0n) is 15.3. The van der Waals surface area contributed by atoms with Crippen LogP contribution in [0.1, 0.15) is 16.8 Å². The first-order chi connectivity index (χ1) is 13.9. The lowest BCUT2D eigenvalue weighted by molar-refractivity contribution is -0.144. The van der Waals surface area contributed by atoms with Crippen molar-refractivity contribution in [2.75, 3.05) is 0 Å². The molecule has 0 unspecified atom stereocenters. The fourth-order valence-electron chi connectivity index (χ4n) is 3.12. The Morgan fingerprint density at radius 2 is 1.90 bits per heavy atom. The Labute approximate surface area is 168 Å². The minimum absolute atomic E-state index is 0.123. The van der Waals surface area contributed by atoms with Crippen molar-refractivity contribution in [1.82, 2.24) is 10.2 Å². The molecule has 0 amide bonds. The van der Waals surface area contributed by atoms with Crippen LogP contribution < -0.4 is 11.2 Å². The SMILES string of the molecule is Cc1cc2oc(=O)cc(COC(=O)Cc3n[nH]c(=O)c4ccccc34)c2cc1Cl. The minimum Gasteiger partial charge on any atom is -0.460 e. The van der Waals surface area contributed by atoms with E-state index in [1.54, 1.807) is 43.3 Å². The zero-order chi connectivity index (χ0) is 20.5. The van der Waals surface area contributed by atoms with Gasteiger partial charge >= 0.3 is 11.6 Å². The molecule has 146 valence electrons. The van der Waals surface area contributed by atoms with E-state index in [1.807, 2.05) is 0 Å². The number of aromatic nitrogens is 2. The highest BCUT2D eigenvalue weighted by atomic mass is 35.5. The number of H-pyrrole nitrogens is 1. The van der Waals surface area contributed by atoms with Crippen molar-refractivity contribution in [3.05, 3.63) is 85.1 Å². The molecule has 2 heterocycles. The first-order valence-electron chi connectivity index (χ1n) is 8.77. The number of halogens is 1. The van der Waals surface area contributed by atoms with Crippen LogP contribution in [0.2, 0.25) is 5.02 Å². The number of esters is 1. The first kappa shape index (κ1) is 18.9. The highest BCUT2D eigenvalue weighted by Gasteiger charge is 2.14. The van der Waals surface area contributed by atoms with Crippen LogP contribution in [0.25, 0.3) is 21.7 Å². The average molecular weight is 411 g/mol. The Balaban J connectivity index is 1.58. The minimum atomic E-state index is -0.547. The zero-order valence-corrected chi connectivity index (χ0v) is 16.1. The van der Waals surface area contributed by atoms with Crippen LogP contribution >= 0.6 is 11.6 Å². The first-order valence-corrected chi connectivity index (χ1v) is 9.15. The van der Waals surface area contributed by atoms with E-state index in [9.17, 15) is 14.4 Å². The van der Waals surface area contributed by atoms with Gasteiger partial charge in [0.1, 0.15) is 12.2 Å². The molecule has 7 nitrogen and oxygen atoms in total. The third-order valence-electron chi connectivity index (χ3n) is 4.58. The Morgan fingerprint density at radius 3 is 2.69 bits per heavy atom. The molecule has 4 aromatic rings. The van der Waals surface area contributed by atoms with E-state index in [-0.39, 0.29) is 18.6 Å². The highest BCUT2D eigenvalue weighted by molar-refractivity contribution is 6.32. The number of hydrogen-bond acceptors (Lipinski definition) is 6. The van der Waals surface area contributed by atoms with Crippen molar-refractivity contribution < 1.29 is 13.9 Å². The average Bonchev–Trinajstić information content (AvgIpc) is 2.70. The summed E-state index contributed by atoms with van der Waals surface area (Å²) in [4.78, 5) is 36.1. The van der Waals surface area contributed by atoms with E-state index < -0.39 is 11.6 Å². The van der Waals surface area contributed by atoms with Gasteiger partial charge in [0.2, 0.25) is 0 Å². The van der Waals surface area contributed by atoms with Gasteiger partial charge in [0, 0.05) is 27.4 Å². The molecule has 0 aliphatic carbocycles. The number of carbonyl (C=O) groups is 1. The number of hydrogen-bond donors (Lipinski definition) is 1. The van der Waals surface area contributed by atoms with Crippen molar-refractivity contribution in [1.29, 1.82) is 0 Å². The van der Waals surface area contributed by atoms with Crippen LogP contribution in [0.5, 0.6) is 0 Å². The van der Waals surface area contributed by atoms with Gasteiger partial charge in [-0.2, -0.15) is 5.10 Å². The number of nitrogens with one attached hydrogen (secondary N) is 1. The molecule has 2 aromatic heterocycles. The highest BCUT2D eigenvalue weighted by Crippen LogP contribution is 2.25. The van der Waals surface area contributed by atoms with E-state index >= 15 is 0 Å². The number of rotatable bonds is 4. The normalized spacial score (nSPS) is 11.1. The molecule has 0 radical (unpaired) electrons. The molecule has 4 rings (SSSR count). The molecule has 0 aliphatic rings. The Morgan fingerprint density at radius 1 is 1.14 bits per heavy atom. The third-order valence-corrected chi connectivity index (χ3v) is 4.99. The number of ether oxygens (including phenoxy) is 1. The third kappa shape index (κ3) is 3.77. The predicted octanol–water partition coefficient (Wildman–Crippen LogP) is 3.28. The summed E-state index contributed by atoms with van der Waals surface area (Å²) >= 11 is 6.17. The summed E-state index contributed by atoms with van der Waals surface area (Å²) in [6.07, 6.45) is -0.128. The van der Waals surface area contributed by atoms with Crippen LogP contribution in [0, 0.1) is 6.92 Å². The molecular formula is C21H15ClN2O5. The number of nitrogens with zero attached hydrogens (tertiary/aromatic N) is 1. The molecular weight excluding hydrogens is 396 g/mol. The maximum absolute atomic E-state index is 12.4. The Bertz CT molecular complexity index is 1370. The number of aromatic amines is 1. The standard InChI is InChI=1S/C21H15ClN2O5/c1-11-6-18-15(8-16(11)22)12(7-20(26)29-18)10-28-19(25)9-17-13-4-2-3-5-14(13)21(27)24-23-17/h2-8H,9-10H2,1H3,(H,24,27). The summed E-state index contributed by atoms with van der Waals surface area (Å²) < 4.78 is 10.6. The molecule has 0 fully saturated rings. The van der Waals surface area contributed by atoms with Gasteiger partial charge in [0.15, 0.2) is 0 Å². The summed E-state index contributed by atoms with van der Waals surface area (Å²) in [5.41, 5.74) is 1.17. The fourth-order valence-corrected chi connectivity index (χ4v) is 3.28. The number of fused-ring (bicyclic) bond motifs is 2. The topological polar surface area (TPSA) is 102 Å². The number of benzene rings is 2. The van der Waals surface area contributed by atoms with Crippen molar-refractivity contribution in [3.8, 4) is 0 Å². The van der Waals surface area contributed by atoms with Gasteiger partial charge in [0.25, 0.3) is 5.56 Å². The molecule has 0 saturated carbocycles. The summed E-state index contributed by atoms with van der Waals surface area (Å²) in [5, 5.41) is 8.49. The number of carbonyl (C=O) groups excluding carboxylic acids is 1. The molecule has 0 aliphatic heterocycles. The van der Waals surface area contributed by atoms with Crippen molar-refractivity contribution in [2.45, 2.75) is 20.0 Å². The van der Waals surface area contributed by atoms with E-state index in [2.05, 4.69) is 10.2 Å². The summed E-state index contributed by atoms with van der Waals surface area (Å²) in [6, 6.07) is 11.5. The molecule has 29 heavy (non-hydrogen) atoms. The van der Waals surface area contributed by atoms with Gasteiger partial charge in [0.05, 0.1) is 17.5 Å². The maximum Gasteiger partial charge on any atom is 0.336 e. The van der Waals surface area contributed by atoms with Crippen molar-refractivity contribution in [2.24, 2.45) is 0 Å². The summed E-state index contributed by atoms with van der Waals surface area (Å²) in [5.74, 6) is -0.547. The lowest BCUT2D eigenvalue weighted by atomic mass is 10.1. The Kier molecular flexibility index (Phi) is 4.90. The van der Waals surface area contributed by atoms with E-state index in [4.69, 9.17) is 20.8 Å². The van der Waals surface area contributed by atoms with Crippen LogP contribution in [0.15, 0.2) is 56.5 Å². The van der Waals surface area contributed by atoms with Crippen LogP contribution in [-0.4, -0.2) is 16.2 Å². The van der Waals surface area contributed by atoms with Gasteiger partial charge in [-0.3, -0.25) is 9.59 Å². The second-order valence-corrected chi connectivity index (χ2v) is 6.98. The lowest BCUT2D eigenvalue weighted by Gasteiger charge is -2.09. The van der Waals surface area contributed by atoms with E-state index in [1.165, 1.54) is 6.07 Å². The molecule has 0 atom stereocenters. The fraction of sp³-hybridized carbons (Fsp3) is 0.143. The van der Waals surface area contributed by atoms with Gasteiger partial charge in [-0.25, -0.2) is 9.89 Å². The lowest BCUT2D eigenvalue weighted by Crippen LogP contribution is -2.15. The summed E-state index contributed by atoms with van der Waals surface area (Å²) in [6.45, 7) is 1.68. The second-order valence-electron chi connectivity index (χ2n) is 6.57. The predicted molar refractivity (Wildman–Crippen MR) is 108 cm³/mol. The smallest absolute Gasteiger partial charge is 0.336 e. The quantitative estimate of drug-likeness (QED) is 0.409. The van der Waals surface area contributed by atoms with Gasteiger partial charge in [-0.1, -0.05) is 29.8 Å². The molecule has 0 spiro atoms. The monoisotopic (exact) mass is 410 g/mol. The van der Waals surface area contributed by atoms with Crippen LogP contribution in [0.3, 0.4) is 0 Å². The van der Waals surface area contributed by atoms with E-state index in [0.29, 0.717) is 38.0 Å². The van der Waals surface area contributed by atoms with Crippen molar-refractivity contribution >= 4 is 39.3 Å². The molecule has 8 heteroatoms. The number of aryl methyl sites for hydroxylation is 1. The molecule has 2 aromatic carbocycles. The second kappa shape index (κ2) is 7.52. The Hall–Kier alpha value is -3.45. The summed E-state index contributed by atoms with van der Waals surface area (Å²) in [7, 11) is 0.